The van der Waals surface area contributed by atoms with Gasteiger partial charge in [0.1, 0.15) is 22.9 Å². The third kappa shape index (κ3) is 4.33. The Labute approximate surface area is 172 Å². The quantitative estimate of drug-likeness (QED) is 0.601. The summed E-state index contributed by atoms with van der Waals surface area (Å²) in [7, 11) is 1.20. The average molecular weight is 412 g/mol. The van der Waals surface area contributed by atoms with Crippen LogP contribution in [0.2, 0.25) is 5.02 Å². The van der Waals surface area contributed by atoms with Crippen LogP contribution in [0.4, 0.5) is 0 Å². The van der Waals surface area contributed by atoms with Gasteiger partial charge in [-0.25, -0.2) is 9.78 Å². The zero-order chi connectivity index (χ0) is 21.0. The molecule has 2 N–H and O–H groups in total. The molecule has 2 aromatic carbocycles. The number of carbonyl (C=O) groups excluding carboxylic acids is 1. The Morgan fingerprint density at radius 1 is 1.24 bits per heavy atom. The fourth-order valence-corrected chi connectivity index (χ4v) is 3.32. The summed E-state index contributed by atoms with van der Waals surface area (Å²) in [5.41, 5.74) is 1.82. The summed E-state index contributed by atoms with van der Waals surface area (Å²) in [6.07, 6.45) is 4.17. The number of esters is 1. The number of hydrogen-bond acceptors (Lipinski definition) is 6. The van der Waals surface area contributed by atoms with Gasteiger partial charge in [0.2, 0.25) is 0 Å². The number of methoxy groups -OCH3 is 1. The first-order chi connectivity index (χ1) is 13.9. The Morgan fingerprint density at radius 2 is 1.97 bits per heavy atom. The lowest BCUT2D eigenvalue weighted by Crippen LogP contribution is -2.10. The molecular formula is C21H18ClN3O4. The van der Waals surface area contributed by atoms with E-state index in [0.29, 0.717) is 24.1 Å². The van der Waals surface area contributed by atoms with Gasteiger partial charge in [-0.1, -0.05) is 23.7 Å². The lowest BCUT2D eigenvalue weighted by molar-refractivity contribution is 0.0596. The van der Waals surface area contributed by atoms with Gasteiger partial charge >= 0.3 is 5.97 Å². The SMILES string of the molecule is COC(=O)c1c(O)cc(O)c(Cl)c1CCc1nccn1Cc1ccc(C#N)cc1. The molecule has 0 amide bonds. The van der Waals surface area contributed by atoms with Gasteiger partial charge in [-0.15, -0.1) is 0 Å². The predicted molar refractivity (Wildman–Crippen MR) is 106 cm³/mol. The number of benzene rings is 2. The van der Waals surface area contributed by atoms with Crippen molar-refractivity contribution < 1.29 is 19.7 Å². The van der Waals surface area contributed by atoms with E-state index in [2.05, 4.69) is 11.1 Å². The van der Waals surface area contributed by atoms with Crippen LogP contribution in [-0.2, 0) is 24.1 Å². The van der Waals surface area contributed by atoms with Crippen molar-refractivity contribution in [2.45, 2.75) is 19.4 Å². The van der Waals surface area contributed by atoms with Gasteiger partial charge in [0, 0.05) is 31.4 Å². The summed E-state index contributed by atoms with van der Waals surface area (Å²) in [4.78, 5) is 16.4. The monoisotopic (exact) mass is 411 g/mol. The summed E-state index contributed by atoms with van der Waals surface area (Å²) in [6.45, 7) is 0.559. The molecule has 0 bridgehead atoms. The molecule has 0 radical (unpaired) electrons. The van der Waals surface area contributed by atoms with Crippen molar-refractivity contribution in [2.75, 3.05) is 7.11 Å². The highest BCUT2D eigenvalue weighted by Crippen LogP contribution is 2.37. The highest BCUT2D eigenvalue weighted by atomic mass is 35.5. The fourth-order valence-electron chi connectivity index (χ4n) is 3.08. The second-order valence-electron chi connectivity index (χ2n) is 6.35. The van der Waals surface area contributed by atoms with Crippen molar-refractivity contribution in [2.24, 2.45) is 0 Å². The van der Waals surface area contributed by atoms with E-state index < -0.39 is 11.7 Å². The van der Waals surface area contributed by atoms with Crippen LogP contribution in [0.25, 0.3) is 0 Å². The van der Waals surface area contributed by atoms with Crippen molar-refractivity contribution in [3.8, 4) is 17.6 Å². The van der Waals surface area contributed by atoms with E-state index in [1.165, 1.54) is 7.11 Å². The van der Waals surface area contributed by atoms with Crippen LogP contribution in [0.3, 0.4) is 0 Å². The average Bonchev–Trinajstić information content (AvgIpc) is 3.16. The minimum absolute atomic E-state index is 0.00611. The van der Waals surface area contributed by atoms with Crippen LogP contribution in [0.15, 0.2) is 42.7 Å². The first-order valence-corrected chi connectivity index (χ1v) is 9.13. The van der Waals surface area contributed by atoms with Crippen molar-refractivity contribution in [1.82, 2.24) is 9.55 Å². The molecular weight excluding hydrogens is 394 g/mol. The number of nitrogens with zero attached hydrogens (tertiary/aromatic N) is 3. The number of imidazole rings is 1. The lowest BCUT2D eigenvalue weighted by atomic mass is 10.0. The third-order valence-corrected chi connectivity index (χ3v) is 4.97. The molecule has 0 aliphatic carbocycles. The smallest absolute Gasteiger partial charge is 0.341 e. The number of carbonyl (C=O) groups is 1. The number of phenolic OH excluding ortho intramolecular Hbond substituents is 2. The first kappa shape index (κ1) is 20.2. The van der Waals surface area contributed by atoms with Crippen LogP contribution in [0.1, 0.15) is 32.9 Å². The van der Waals surface area contributed by atoms with Crippen LogP contribution in [0.5, 0.6) is 11.5 Å². The number of aromatic hydroxyl groups is 2. The summed E-state index contributed by atoms with van der Waals surface area (Å²) < 4.78 is 6.67. The van der Waals surface area contributed by atoms with Gasteiger partial charge in [-0.2, -0.15) is 5.26 Å². The summed E-state index contributed by atoms with van der Waals surface area (Å²) in [5.74, 6) is -0.702. The highest BCUT2D eigenvalue weighted by Gasteiger charge is 2.23. The number of rotatable bonds is 6. The zero-order valence-corrected chi connectivity index (χ0v) is 16.3. The molecule has 148 valence electrons. The number of halogens is 1. The summed E-state index contributed by atoms with van der Waals surface area (Å²) >= 11 is 6.19. The molecule has 29 heavy (non-hydrogen) atoms. The standard InChI is InChI=1S/C21H18ClN3O4/c1-29-21(28)19-15(20(22)17(27)10-16(19)26)6-7-18-24-8-9-25(18)12-14-4-2-13(11-23)3-5-14/h2-5,8-10,26-27H,6-7,12H2,1H3. The van der Waals surface area contributed by atoms with Gasteiger partial charge in [-0.05, 0) is 29.7 Å². The number of phenols is 2. The lowest BCUT2D eigenvalue weighted by Gasteiger charge is -2.14. The Morgan fingerprint density at radius 3 is 2.62 bits per heavy atom. The summed E-state index contributed by atoms with van der Waals surface area (Å²) in [5, 5.41) is 28.9. The van der Waals surface area contributed by atoms with Crippen molar-refractivity contribution >= 4 is 17.6 Å². The number of nitriles is 1. The molecule has 3 aromatic rings. The largest absolute Gasteiger partial charge is 0.507 e. The van der Waals surface area contributed by atoms with Crippen molar-refractivity contribution in [3.05, 3.63) is 75.8 Å². The van der Waals surface area contributed by atoms with Gasteiger partial charge in [0.25, 0.3) is 0 Å². The fraction of sp³-hybridized carbons (Fsp3) is 0.190. The van der Waals surface area contributed by atoms with Crippen LogP contribution < -0.4 is 0 Å². The molecule has 0 aliphatic rings. The molecule has 7 nitrogen and oxygen atoms in total. The molecule has 0 saturated heterocycles. The van der Waals surface area contributed by atoms with E-state index in [0.717, 1.165) is 17.5 Å². The van der Waals surface area contributed by atoms with Gasteiger partial charge in [0.15, 0.2) is 0 Å². The maximum atomic E-state index is 12.1. The van der Waals surface area contributed by atoms with E-state index in [1.54, 1.807) is 18.3 Å². The number of ether oxygens (including phenoxy) is 1. The minimum atomic E-state index is -0.736. The van der Waals surface area contributed by atoms with E-state index in [1.807, 2.05) is 22.9 Å². The van der Waals surface area contributed by atoms with E-state index >= 15 is 0 Å². The molecule has 0 aliphatic heterocycles. The first-order valence-electron chi connectivity index (χ1n) is 8.75. The van der Waals surface area contributed by atoms with Gasteiger partial charge in [0.05, 0.1) is 23.8 Å². The maximum absolute atomic E-state index is 12.1. The topological polar surface area (TPSA) is 108 Å². The van der Waals surface area contributed by atoms with Gasteiger partial charge < -0.3 is 19.5 Å². The minimum Gasteiger partial charge on any atom is -0.507 e. The number of aryl methyl sites for hydroxylation is 1. The second-order valence-corrected chi connectivity index (χ2v) is 6.73. The van der Waals surface area contributed by atoms with E-state index in [4.69, 9.17) is 21.6 Å². The Kier molecular flexibility index (Phi) is 6.05. The molecule has 3 rings (SSSR count). The van der Waals surface area contributed by atoms with Gasteiger partial charge in [-0.3, -0.25) is 0 Å². The Balaban J connectivity index is 1.84. The molecule has 0 saturated carbocycles. The highest BCUT2D eigenvalue weighted by molar-refractivity contribution is 6.33. The molecule has 1 heterocycles. The molecule has 0 spiro atoms. The zero-order valence-electron chi connectivity index (χ0n) is 15.6. The Hall–Kier alpha value is -3.50. The summed E-state index contributed by atoms with van der Waals surface area (Å²) in [6, 6.07) is 10.4. The van der Waals surface area contributed by atoms with E-state index in [-0.39, 0.29) is 22.8 Å². The Bertz CT molecular complexity index is 1080. The number of hydrogen-bond donors (Lipinski definition) is 2. The molecule has 0 atom stereocenters. The maximum Gasteiger partial charge on any atom is 0.341 e. The second kappa shape index (κ2) is 8.67. The molecule has 0 unspecified atom stereocenters. The van der Waals surface area contributed by atoms with Crippen molar-refractivity contribution in [3.63, 3.8) is 0 Å². The molecule has 8 heteroatoms. The van der Waals surface area contributed by atoms with Crippen LogP contribution in [0, 0.1) is 11.3 Å². The van der Waals surface area contributed by atoms with Crippen molar-refractivity contribution in [1.29, 1.82) is 5.26 Å². The predicted octanol–water partition coefficient (Wildman–Crippen LogP) is 3.44. The van der Waals surface area contributed by atoms with E-state index in [9.17, 15) is 15.0 Å². The normalized spacial score (nSPS) is 10.5. The molecule has 0 fully saturated rings. The third-order valence-electron chi connectivity index (χ3n) is 4.55. The molecule has 1 aromatic heterocycles. The van der Waals surface area contributed by atoms with Crippen LogP contribution >= 0.6 is 11.6 Å². The van der Waals surface area contributed by atoms with Crippen LogP contribution in [-0.4, -0.2) is 32.8 Å². The number of aromatic nitrogens is 2.